The summed E-state index contributed by atoms with van der Waals surface area (Å²) in [6.45, 7) is 6.59. The molecule has 0 aromatic heterocycles. The van der Waals surface area contributed by atoms with Crippen LogP contribution < -0.4 is 0 Å². The van der Waals surface area contributed by atoms with E-state index in [0.29, 0.717) is 17.5 Å². The molecule has 2 rings (SSSR count). The van der Waals surface area contributed by atoms with Crippen molar-refractivity contribution in [1.29, 1.82) is 0 Å². The Morgan fingerprint density at radius 1 is 1.12 bits per heavy atom. The highest BCUT2D eigenvalue weighted by atomic mass is 32.2. The molecule has 1 spiro atoms. The molecule has 0 aromatic rings. The highest BCUT2D eigenvalue weighted by Crippen LogP contribution is 2.41. The predicted octanol–water partition coefficient (Wildman–Crippen LogP) is 1.69. The average molecular weight is 245 g/mol. The molecule has 0 radical (unpaired) electrons. The maximum atomic E-state index is 11.7. The minimum Gasteiger partial charge on any atom is -0.301 e. The Labute approximate surface area is 99.1 Å². The fourth-order valence-corrected chi connectivity index (χ4v) is 5.28. The van der Waals surface area contributed by atoms with Crippen molar-refractivity contribution in [2.75, 3.05) is 24.6 Å². The molecule has 2 saturated heterocycles. The van der Waals surface area contributed by atoms with Crippen LogP contribution in [0, 0.1) is 5.41 Å². The van der Waals surface area contributed by atoms with Crippen molar-refractivity contribution in [2.24, 2.45) is 5.41 Å². The van der Waals surface area contributed by atoms with E-state index in [1.54, 1.807) is 0 Å². The van der Waals surface area contributed by atoms with Gasteiger partial charge in [-0.3, -0.25) is 0 Å². The fourth-order valence-electron chi connectivity index (χ4n) is 3.19. The van der Waals surface area contributed by atoms with Crippen LogP contribution in [0.4, 0.5) is 0 Å². The van der Waals surface area contributed by atoms with Crippen LogP contribution in [-0.4, -0.2) is 44.0 Å². The van der Waals surface area contributed by atoms with Crippen molar-refractivity contribution in [2.45, 2.75) is 45.6 Å². The van der Waals surface area contributed by atoms with Gasteiger partial charge in [0, 0.05) is 6.04 Å². The van der Waals surface area contributed by atoms with Crippen LogP contribution in [0.5, 0.6) is 0 Å². The first-order valence-electron chi connectivity index (χ1n) is 6.37. The lowest BCUT2D eigenvalue weighted by molar-refractivity contribution is 0.0878. The third-order valence-corrected chi connectivity index (χ3v) is 6.24. The smallest absolute Gasteiger partial charge is 0.150 e. The summed E-state index contributed by atoms with van der Waals surface area (Å²) < 4.78 is 23.5. The Morgan fingerprint density at radius 3 is 2.25 bits per heavy atom. The number of likely N-dealkylation sites (tertiary alicyclic amines) is 1. The number of hydrogen-bond donors (Lipinski definition) is 0. The Bertz CT molecular complexity index is 340. The van der Waals surface area contributed by atoms with E-state index in [9.17, 15) is 8.42 Å². The van der Waals surface area contributed by atoms with Gasteiger partial charge in [-0.1, -0.05) is 0 Å². The van der Waals surface area contributed by atoms with Crippen LogP contribution in [-0.2, 0) is 9.84 Å². The van der Waals surface area contributed by atoms with Crippen molar-refractivity contribution >= 4 is 9.84 Å². The second kappa shape index (κ2) is 4.30. The molecule has 0 bridgehead atoms. The van der Waals surface area contributed by atoms with E-state index in [1.807, 2.05) is 0 Å². The summed E-state index contributed by atoms with van der Waals surface area (Å²) in [5, 5.41) is 0. The normalized spacial score (nSPS) is 29.7. The average Bonchev–Trinajstić information content (AvgIpc) is 2.16. The van der Waals surface area contributed by atoms with Gasteiger partial charge in [0.05, 0.1) is 11.5 Å². The van der Waals surface area contributed by atoms with Gasteiger partial charge in [-0.15, -0.1) is 0 Å². The van der Waals surface area contributed by atoms with E-state index in [1.165, 1.54) is 0 Å². The summed E-state index contributed by atoms with van der Waals surface area (Å²) in [5.41, 5.74) is 0.127. The molecule has 2 fully saturated rings. The van der Waals surface area contributed by atoms with E-state index in [-0.39, 0.29) is 5.41 Å². The SMILES string of the molecule is CC(C)N1CCC2(CCCS(=O)(=O)C2)CC1. The Kier molecular flexibility index (Phi) is 3.32. The quantitative estimate of drug-likeness (QED) is 0.705. The first-order chi connectivity index (χ1) is 7.43. The summed E-state index contributed by atoms with van der Waals surface area (Å²) in [5.74, 6) is 0.870. The van der Waals surface area contributed by atoms with Gasteiger partial charge < -0.3 is 4.90 Å². The number of rotatable bonds is 1. The summed E-state index contributed by atoms with van der Waals surface area (Å²) in [7, 11) is -2.75. The summed E-state index contributed by atoms with van der Waals surface area (Å²) in [4.78, 5) is 2.46. The molecule has 3 nitrogen and oxygen atoms in total. The monoisotopic (exact) mass is 245 g/mol. The van der Waals surface area contributed by atoms with Gasteiger partial charge in [-0.05, 0) is 58.0 Å². The van der Waals surface area contributed by atoms with Crippen LogP contribution in [0.15, 0.2) is 0 Å². The molecule has 4 heteroatoms. The third kappa shape index (κ3) is 2.59. The van der Waals surface area contributed by atoms with Crippen molar-refractivity contribution in [3.05, 3.63) is 0 Å². The molecular weight excluding hydrogens is 222 g/mol. The first kappa shape index (κ1) is 12.4. The molecule has 94 valence electrons. The van der Waals surface area contributed by atoms with E-state index >= 15 is 0 Å². The second-order valence-electron chi connectivity index (χ2n) is 5.83. The highest BCUT2D eigenvalue weighted by molar-refractivity contribution is 7.91. The van der Waals surface area contributed by atoms with Gasteiger partial charge >= 0.3 is 0 Å². The summed E-state index contributed by atoms with van der Waals surface area (Å²) in [6.07, 6.45) is 4.15. The van der Waals surface area contributed by atoms with Gasteiger partial charge in [-0.25, -0.2) is 8.42 Å². The molecule has 0 saturated carbocycles. The fraction of sp³-hybridized carbons (Fsp3) is 1.00. The van der Waals surface area contributed by atoms with Gasteiger partial charge in [-0.2, -0.15) is 0 Å². The molecule has 2 aliphatic heterocycles. The highest BCUT2D eigenvalue weighted by Gasteiger charge is 2.41. The molecule has 2 aliphatic rings. The zero-order valence-electron chi connectivity index (χ0n) is 10.4. The third-order valence-electron chi connectivity index (χ3n) is 4.28. The topological polar surface area (TPSA) is 37.4 Å². The van der Waals surface area contributed by atoms with Crippen LogP contribution in [0.3, 0.4) is 0 Å². The summed E-state index contributed by atoms with van der Waals surface area (Å²) >= 11 is 0. The van der Waals surface area contributed by atoms with Crippen molar-refractivity contribution in [3.63, 3.8) is 0 Å². The minimum absolute atomic E-state index is 0.127. The van der Waals surface area contributed by atoms with Crippen LogP contribution >= 0.6 is 0 Å². The zero-order valence-corrected chi connectivity index (χ0v) is 11.2. The molecule has 0 atom stereocenters. The molecule has 0 aliphatic carbocycles. The van der Waals surface area contributed by atoms with Gasteiger partial charge in [0.25, 0.3) is 0 Å². The molecule has 0 unspecified atom stereocenters. The lowest BCUT2D eigenvalue weighted by Gasteiger charge is -2.45. The lowest BCUT2D eigenvalue weighted by Crippen LogP contribution is -2.47. The summed E-state index contributed by atoms with van der Waals surface area (Å²) in [6, 6.07) is 0.595. The van der Waals surface area contributed by atoms with Crippen LogP contribution in [0.25, 0.3) is 0 Å². The molecule has 0 N–H and O–H groups in total. The Hall–Kier alpha value is -0.0900. The number of hydrogen-bond acceptors (Lipinski definition) is 3. The van der Waals surface area contributed by atoms with Crippen LogP contribution in [0.1, 0.15) is 39.5 Å². The van der Waals surface area contributed by atoms with Gasteiger partial charge in [0.2, 0.25) is 0 Å². The number of sulfone groups is 1. The lowest BCUT2D eigenvalue weighted by atomic mass is 9.76. The number of nitrogens with zero attached hydrogens (tertiary/aromatic N) is 1. The van der Waals surface area contributed by atoms with Crippen molar-refractivity contribution in [1.82, 2.24) is 4.90 Å². The predicted molar refractivity (Wildman–Crippen MR) is 66.3 cm³/mol. The van der Waals surface area contributed by atoms with Gasteiger partial charge in [0.1, 0.15) is 0 Å². The molecule has 0 amide bonds. The molecule has 2 heterocycles. The maximum Gasteiger partial charge on any atom is 0.150 e. The minimum atomic E-state index is -2.75. The van der Waals surface area contributed by atoms with E-state index in [2.05, 4.69) is 18.7 Å². The van der Waals surface area contributed by atoms with Crippen molar-refractivity contribution < 1.29 is 8.42 Å². The molecule has 0 aromatic carbocycles. The van der Waals surface area contributed by atoms with E-state index < -0.39 is 9.84 Å². The van der Waals surface area contributed by atoms with E-state index in [4.69, 9.17) is 0 Å². The maximum absolute atomic E-state index is 11.7. The Morgan fingerprint density at radius 2 is 1.75 bits per heavy atom. The Balaban J connectivity index is 2.01. The van der Waals surface area contributed by atoms with Gasteiger partial charge in [0.15, 0.2) is 9.84 Å². The van der Waals surface area contributed by atoms with E-state index in [0.717, 1.165) is 38.8 Å². The molecular formula is C12H23NO2S. The second-order valence-corrected chi connectivity index (χ2v) is 8.01. The largest absolute Gasteiger partial charge is 0.301 e. The number of piperidine rings is 1. The van der Waals surface area contributed by atoms with Crippen LogP contribution in [0.2, 0.25) is 0 Å². The van der Waals surface area contributed by atoms with Crippen molar-refractivity contribution in [3.8, 4) is 0 Å². The standard InChI is InChI=1S/C12H23NO2S/c1-11(2)13-7-5-12(6-8-13)4-3-9-16(14,15)10-12/h11H,3-10H2,1-2H3. The first-order valence-corrected chi connectivity index (χ1v) is 8.19. The zero-order chi connectivity index (χ0) is 11.8. The molecule has 16 heavy (non-hydrogen) atoms.